The maximum atomic E-state index is 13.5. The molecule has 198 valence electrons. The number of likely N-dealkylation sites (tertiary alicyclic amines) is 1. The van der Waals surface area contributed by atoms with Gasteiger partial charge in [0.1, 0.15) is 23.0 Å². The molecule has 1 amide bonds. The average molecular weight is 550 g/mol. The Morgan fingerprint density at radius 2 is 1.76 bits per heavy atom. The Morgan fingerprint density at radius 3 is 2.32 bits per heavy atom. The van der Waals surface area contributed by atoms with E-state index in [1.54, 1.807) is 36.9 Å². The van der Waals surface area contributed by atoms with Crippen molar-refractivity contribution in [1.29, 1.82) is 0 Å². The summed E-state index contributed by atoms with van der Waals surface area (Å²) in [5, 5.41) is 7.80. The first-order chi connectivity index (χ1) is 17.7. The number of amides is 1. The molecule has 0 saturated carbocycles. The van der Waals surface area contributed by atoms with Crippen LogP contribution in [0.2, 0.25) is 5.02 Å². The standard InChI is InChI=1S/C23H28ClN7O5S/c1-14(22-25-11-16(24)12-26-22)15(2)37(33,34)29-23-28-27-19(13-30-10-6-9-20(30)32)31(23)21-17(35-3)7-5-8-18(21)36-4/h5,7-8,11-12,14-15H,6,9-10,13H2,1-4H3,(H,28,29)/t14-,15-/m0/s1. The van der Waals surface area contributed by atoms with Crippen molar-refractivity contribution < 1.29 is 22.7 Å². The van der Waals surface area contributed by atoms with Crippen LogP contribution in [0.3, 0.4) is 0 Å². The summed E-state index contributed by atoms with van der Waals surface area (Å²) in [7, 11) is -1.03. The van der Waals surface area contributed by atoms with Gasteiger partial charge in [-0.05, 0) is 25.5 Å². The van der Waals surface area contributed by atoms with E-state index in [4.69, 9.17) is 21.1 Å². The van der Waals surface area contributed by atoms with Gasteiger partial charge in [0.2, 0.25) is 21.9 Å². The van der Waals surface area contributed by atoms with Gasteiger partial charge >= 0.3 is 0 Å². The van der Waals surface area contributed by atoms with Crippen molar-refractivity contribution in [3.63, 3.8) is 0 Å². The van der Waals surface area contributed by atoms with Crippen molar-refractivity contribution in [2.75, 3.05) is 25.5 Å². The SMILES string of the molecule is COc1cccc(OC)c1-n1c(CN2CCCC2=O)nnc1NS(=O)(=O)[C@@H](C)[C@H](C)c1ncc(Cl)cn1. The second kappa shape index (κ2) is 10.9. The number of rotatable bonds is 10. The van der Waals surface area contributed by atoms with Gasteiger partial charge in [-0.2, -0.15) is 0 Å². The van der Waals surface area contributed by atoms with Crippen LogP contribution in [0.25, 0.3) is 5.69 Å². The van der Waals surface area contributed by atoms with Crippen molar-refractivity contribution in [2.24, 2.45) is 0 Å². The number of ether oxygens (including phenoxy) is 2. The molecule has 0 bridgehead atoms. The smallest absolute Gasteiger partial charge is 0.243 e. The molecule has 2 aromatic heterocycles. The first-order valence-corrected chi connectivity index (χ1v) is 13.5. The normalized spacial score (nSPS) is 15.5. The number of halogens is 1. The number of carbonyl (C=O) groups is 1. The number of benzene rings is 1. The van der Waals surface area contributed by atoms with Crippen LogP contribution in [0, 0.1) is 0 Å². The lowest BCUT2D eigenvalue weighted by Crippen LogP contribution is -2.32. The molecule has 1 saturated heterocycles. The Bertz CT molecular complexity index is 1360. The predicted octanol–water partition coefficient (Wildman–Crippen LogP) is 2.78. The minimum atomic E-state index is -4.01. The van der Waals surface area contributed by atoms with Gasteiger partial charge in [-0.1, -0.05) is 24.6 Å². The summed E-state index contributed by atoms with van der Waals surface area (Å²) in [6, 6.07) is 5.17. The Kier molecular flexibility index (Phi) is 7.83. The Morgan fingerprint density at radius 1 is 1.11 bits per heavy atom. The van der Waals surface area contributed by atoms with E-state index in [2.05, 4.69) is 24.9 Å². The number of carbonyl (C=O) groups excluding carboxylic acids is 1. The van der Waals surface area contributed by atoms with Crippen molar-refractivity contribution >= 4 is 33.5 Å². The quantitative estimate of drug-likeness (QED) is 0.404. The second-order valence-electron chi connectivity index (χ2n) is 8.61. The molecule has 14 heteroatoms. The molecule has 1 aliphatic heterocycles. The van der Waals surface area contributed by atoms with Crippen molar-refractivity contribution in [2.45, 2.75) is 44.4 Å². The van der Waals surface area contributed by atoms with Crippen LogP contribution in [0.15, 0.2) is 30.6 Å². The molecule has 1 N–H and O–H groups in total. The maximum absolute atomic E-state index is 13.5. The van der Waals surface area contributed by atoms with Gasteiger partial charge in [-0.3, -0.25) is 14.1 Å². The largest absolute Gasteiger partial charge is 0.494 e. The van der Waals surface area contributed by atoms with Crippen LogP contribution >= 0.6 is 11.6 Å². The summed E-state index contributed by atoms with van der Waals surface area (Å²) in [6.45, 7) is 3.98. The minimum Gasteiger partial charge on any atom is -0.494 e. The highest BCUT2D eigenvalue weighted by Gasteiger charge is 2.33. The van der Waals surface area contributed by atoms with E-state index in [9.17, 15) is 13.2 Å². The molecule has 3 heterocycles. The third-order valence-corrected chi connectivity index (χ3v) is 8.38. The second-order valence-corrected chi connectivity index (χ2v) is 11.1. The Labute approximate surface area is 220 Å². The van der Waals surface area contributed by atoms with Crippen LogP contribution in [0.5, 0.6) is 11.5 Å². The number of anilines is 1. The summed E-state index contributed by atoms with van der Waals surface area (Å²) in [4.78, 5) is 22.3. The van der Waals surface area contributed by atoms with Crippen LogP contribution in [0.1, 0.15) is 44.3 Å². The molecule has 3 aromatic rings. The van der Waals surface area contributed by atoms with Gasteiger partial charge in [-0.15, -0.1) is 10.2 Å². The van der Waals surface area contributed by atoms with Gasteiger partial charge in [0, 0.05) is 31.3 Å². The minimum absolute atomic E-state index is 0.00548. The molecule has 1 aromatic carbocycles. The zero-order valence-corrected chi connectivity index (χ0v) is 22.5. The summed E-state index contributed by atoms with van der Waals surface area (Å²) in [6.07, 6.45) is 4.04. The van der Waals surface area contributed by atoms with E-state index in [0.29, 0.717) is 46.8 Å². The van der Waals surface area contributed by atoms with Gasteiger partial charge in [-0.25, -0.2) is 18.4 Å². The molecule has 37 heavy (non-hydrogen) atoms. The molecule has 0 unspecified atom stereocenters. The third kappa shape index (κ3) is 5.47. The van der Waals surface area contributed by atoms with E-state index in [-0.39, 0.29) is 18.4 Å². The van der Waals surface area contributed by atoms with E-state index in [1.165, 1.54) is 31.2 Å². The molecule has 1 fully saturated rings. The number of nitrogens with one attached hydrogen (secondary N) is 1. The van der Waals surface area contributed by atoms with Crippen molar-refractivity contribution in [3.8, 4) is 17.2 Å². The van der Waals surface area contributed by atoms with Crippen LogP contribution in [0.4, 0.5) is 5.95 Å². The topological polar surface area (TPSA) is 141 Å². The lowest BCUT2D eigenvalue weighted by Gasteiger charge is -2.22. The van der Waals surface area contributed by atoms with Crippen molar-refractivity contribution in [1.82, 2.24) is 29.6 Å². The summed E-state index contributed by atoms with van der Waals surface area (Å²) in [5.74, 6) is 0.859. The number of nitrogens with zero attached hydrogens (tertiary/aromatic N) is 6. The Balaban J connectivity index is 1.75. The molecule has 4 rings (SSSR count). The molecule has 2 atom stereocenters. The summed E-state index contributed by atoms with van der Waals surface area (Å²) in [5.41, 5.74) is 0.401. The summed E-state index contributed by atoms with van der Waals surface area (Å²) < 4.78 is 42.1. The molecular formula is C23H28ClN7O5S. The fourth-order valence-corrected chi connectivity index (χ4v) is 5.40. The van der Waals surface area contributed by atoms with Crippen LogP contribution < -0.4 is 14.2 Å². The highest BCUT2D eigenvalue weighted by molar-refractivity contribution is 7.93. The average Bonchev–Trinajstić information content (AvgIpc) is 3.47. The first kappa shape index (κ1) is 26.6. The third-order valence-electron chi connectivity index (χ3n) is 6.33. The fourth-order valence-electron chi connectivity index (χ4n) is 4.07. The first-order valence-electron chi connectivity index (χ1n) is 11.6. The monoisotopic (exact) mass is 549 g/mol. The fraction of sp³-hybridized carbons (Fsp3) is 0.435. The Hall–Kier alpha value is -3.45. The number of para-hydroxylation sites is 1. The molecule has 0 aliphatic carbocycles. The van der Waals surface area contributed by atoms with E-state index < -0.39 is 21.2 Å². The molecule has 0 radical (unpaired) electrons. The molecular weight excluding hydrogens is 522 g/mol. The van der Waals surface area contributed by atoms with E-state index in [0.717, 1.165) is 6.42 Å². The number of hydrogen-bond acceptors (Lipinski definition) is 9. The summed E-state index contributed by atoms with van der Waals surface area (Å²) >= 11 is 5.87. The van der Waals surface area contributed by atoms with Crippen LogP contribution in [-0.2, 0) is 21.4 Å². The lowest BCUT2D eigenvalue weighted by molar-refractivity contribution is -0.128. The molecule has 12 nitrogen and oxygen atoms in total. The van der Waals surface area contributed by atoms with E-state index in [1.807, 2.05) is 0 Å². The highest BCUT2D eigenvalue weighted by Crippen LogP contribution is 2.36. The maximum Gasteiger partial charge on any atom is 0.243 e. The van der Waals surface area contributed by atoms with E-state index >= 15 is 0 Å². The number of sulfonamides is 1. The van der Waals surface area contributed by atoms with Crippen LogP contribution in [-0.4, -0.2) is 70.0 Å². The number of aromatic nitrogens is 5. The van der Waals surface area contributed by atoms with Gasteiger partial charge in [0.05, 0.1) is 31.0 Å². The zero-order valence-electron chi connectivity index (χ0n) is 20.9. The lowest BCUT2D eigenvalue weighted by atomic mass is 10.1. The number of methoxy groups -OCH3 is 2. The molecule has 0 spiro atoms. The highest BCUT2D eigenvalue weighted by atomic mass is 35.5. The predicted molar refractivity (Wildman–Crippen MR) is 137 cm³/mol. The van der Waals surface area contributed by atoms with Gasteiger partial charge < -0.3 is 14.4 Å². The molecule has 1 aliphatic rings. The van der Waals surface area contributed by atoms with Gasteiger partial charge in [0.15, 0.2) is 5.82 Å². The van der Waals surface area contributed by atoms with Gasteiger partial charge in [0.25, 0.3) is 0 Å². The zero-order chi connectivity index (χ0) is 26.7. The number of hydrogen-bond donors (Lipinski definition) is 1. The van der Waals surface area contributed by atoms with Crippen molar-refractivity contribution in [3.05, 3.63) is 47.3 Å².